The van der Waals surface area contributed by atoms with Gasteiger partial charge in [0, 0.05) is 24.9 Å². The summed E-state index contributed by atoms with van der Waals surface area (Å²) in [4.78, 5) is 11.4. The van der Waals surface area contributed by atoms with E-state index in [1.807, 2.05) is 12.1 Å². The van der Waals surface area contributed by atoms with Gasteiger partial charge in [-0.2, -0.15) is 0 Å². The van der Waals surface area contributed by atoms with E-state index < -0.39 is 9.84 Å². The fourth-order valence-electron chi connectivity index (χ4n) is 2.16. The molecule has 7 heteroatoms. The van der Waals surface area contributed by atoms with Gasteiger partial charge in [0.25, 0.3) is 0 Å². The summed E-state index contributed by atoms with van der Waals surface area (Å²) in [6, 6.07) is 3.66. The number of hydrogen-bond acceptors (Lipinski definition) is 5. The van der Waals surface area contributed by atoms with Crippen LogP contribution in [0.25, 0.3) is 0 Å². The van der Waals surface area contributed by atoms with Crippen molar-refractivity contribution < 1.29 is 13.2 Å². The zero-order chi connectivity index (χ0) is 14.8. The monoisotopic (exact) mass is 297 g/mol. The minimum Gasteiger partial charge on any atom is -0.397 e. The maximum absolute atomic E-state index is 11.4. The van der Waals surface area contributed by atoms with E-state index in [9.17, 15) is 13.2 Å². The molecule has 0 aromatic heterocycles. The van der Waals surface area contributed by atoms with Gasteiger partial charge in [0.15, 0.2) is 0 Å². The Kier molecular flexibility index (Phi) is 4.17. The molecule has 20 heavy (non-hydrogen) atoms. The molecule has 0 saturated heterocycles. The van der Waals surface area contributed by atoms with Gasteiger partial charge in [-0.3, -0.25) is 4.79 Å². The van der Waals surface area contributed by atoms with Crippen LogP contribution in [-0.4, -0.2) is 32.9 Å². The van der Waals surface area contributed by atoms with E-state index in [1.165, 1.54) is 6.26 Å². The van der Waals surface area contributed by atoms with E-state index in [2.05, 4.69) is 10.6 Å². The first-order valence-corrected chi connectivity index (χ1v) is 8.55. The number of amides is 1. The maximum Gasteiger partial charge on any atom is 0.224 e. The van der Waals surface area contributed by atoms with Gasteiger partial charge in [-0.25, -0.2) is 8.42 Å². The quantitative estimate of drug-likeness (QED) is 0.556. The summed E-state index contributed by atoms with van der Waals surface area (Å²) < 4.78 is 22.1. The molecule has 0 aliphatic carbocycles. The van der Waals surface area contributed by atoms with Gasteiger partial charge in [-0.1, -0.05) is 0 Å². The molecule has 1 amide bonds. The van der Waals surface area contributed by atoms with Crippen molar-refractivity contribution in [3.63, 3.8) is 0 Å². The predicted octanol–water partition coefficient (Wildman–Crippen LogP) is 1.00. The molecule has 0 spiro atoms. The van der Waals surface area contributed by atoms with Crippen LogP contribution in [0.4, 0.5) is 17.1 Å². The van der Waals surface area contributed by atoms with Crippen LogP contribution in [-0.2, 0) is 21.1 Å². The molecule has 1 aliphatic rings. The van der Waals surface area contributed by atoms with Crippen molar-refractivity contribution >= 4 is 32.8 Å². The topological polar surface area (TPSA) is 101 Å². The molecule has 0 unspecified atom stereocenters. The second kappa shape index (κ2) is 5.70. The zero-order valence-electron chi connectivity index (χ0n) is 11.4. The van der Waals surface area contributed by atoms with Crippen LogP contribution < -0.4 is 16.4 Å². The zero-order valence-corrected chi connectivity index (χ0v) is 12.2. The van der Waals surface area contributed by atoms with E-state index in [0.29, 0.717) is 31.5 Å². The van der Waals surface area contributed by atoms with Gasteiger partial charge in [0.1, 0.15) is 9.84 Å². The van der Waals surface area contributed by atoms with Gasteiger partial charge in [0.05, 0.1) is 17.1 Å². The Morgan fingerprint density at radius 2 is 2.10 bits per heavy atom. The fourth-order valence-corrected chi connectivity index (χ4v) is 2.83. The Balaban J connectivity index is 2.01. The molecule has 1 heterocycles. The second-order valence-electron chi connectivity index (χ2n) is 5.05. The SMILES string of the molecule is CS(=O)(=O)CCCNc1cc2c(cc1N)CCC(=O)N2. The number of fused-ring (bicyclic) bond motifs is 1. The van der Waals surface area contributed by atoms with Gasteiger partial charge >= 0.3 is 0 Å². The number of benzene rings is 1. The van der Waals surface area contributed by atoms with Crippen molar-refractivity contribution in [2.45, 2.75) is 19.3 Å². The van der Waals surface area contributed by atoms with E-state index >= 15 is 0 Å². The van der Waals surface area contributed by atoms with Crippen LogP contribution in [0, 0.1) is 0 Å². The summed E-state index contributed by atoms with van der Waals surface area (Å²) >= 11 is 0. The number of rotatable bonds is 5. The van der Waals surface area contributed by atoms with Crippen LogP contribution >= 0.6 is 0 Å². The van der Waals surface area contributed by atoms with Gasteiger partial charge in [-0.05, 0) is 30.5 Å². The molecular formula is C13H19N3O3S. The number of carbonyl (C=O) groups excluding carboxylic acids is 1. The van der Waals surface area contributed by atoms with Gasteiger partial charge < -0.3 is 16.4 Å². The normalized spacial score (nSPS) is 14.6. The van der Waals surface area contributed by atoms with Crippen LogP contribution in [0.1, 0.15) is 18.4 Å². The minimum atomic E-state index is -2.94. The fraction of sp³-hybridized carbons (Fsp3) is 0.462. The van der Waals surface area contributed by atoms with Crippen molar-refractivity contribution in [3.8, 4) is 0 Å². The summed E-state index contributed by atoms with van der Waals surface area (Å²) in [5, 5.41) is 5.92. The van der Waals surface area contributed by atoms with Gasteiger partial charge in [-0.15, -0.1) is 0 Å². The lowest BCUT2D eigenvalue weighted by atomic mass is 10.0. The lowest BCUT2D eigenvalue weighted by Crippen LogP contribution is -2.19. The summed E-state index contributed by atoms with van der Waals surface area (Å²) in [5.74, 6) is 0.145. The summed E-state index contributed by atoms with van der Waals surface area (Å²) in [5.41, 5.74) is 9.10. The Hall–Kier alpha value is -1.76. The van der Waals surface area contributed by atoms with Crippen molar-refractivity contribution in [2.24, 2.45) is 0 Å². The van der Waals surface area contributed by atoms with E-state index in [1.54, 1.807) is 0 Å². The van der Waals surface area contributed by atoms with Crippen LogP contribution in [0.3, 0.4) is 0 Å². The lowest BCUT2D eigenvalue weighted by molar-refractivity contribution is -0.116. The molecule has 2 rings (SSSR count). The first-order valence-electron chi connectivity index (χ1n) is 6.49. The molecule has 110 valence electrons. The largest absolute Gasteiger partial charge is 0.397 e. The molecule has 0 atom stereocenters. The first-order chi connectivity index (χ1) is 9.35. The van der Waals surface area contributed by atoms with Crippen molar-refractivity contribution in [2.75, 3.05) is 34.9 Å². The molecule has 4 N–H and O–H groups in total. The van der Waals surface area contributed by atoms with Crippen LogP contribution in [0.5, 0.6) is 0 Å². The summed E-state index contributed by atoms with van der Waals surface area (Å²) in [6.45, 7) is 0.518. The molecular weight excluding hydrogens is 278 g/mol. The van der Waals surface area contributed by atoms with Crippen molar-refractivity contribution in [1.29, 1.82) is 0 Å². The highest BCUT2D eigenvalue weighted by Crippen LogP contribution is 2.30. The van der Waals surface area contributed by atoms with E-state index in [-0.39, 0.29) is 11.7 Å². The smallest absolute Gasteiger partial charge is 0.224 e. The minimum absolute atomic E-state index is 0.00491. The highest BCUT2D eigenvalue weighted by Gasteiger charge is 2.16. The third-order valence-electron chi connectivity index (χ3n) is 3.18. The van der Waals surface area contributed by atoms with E-state index in [0.717, 1.165) is 16.9 Å². The van der Waals surface area contributed by atoms with Crippen molar-refractivity contribution in [3.05, 3.63) is 17.7 Å². The highest BCUT2D eigenvalue weighted by molar-refractivity contribution is 7.90. The number of carbonyl (C=O) groups is 1. The summed E-state index contributed by atoms with van der Waals surface area (Å²) in [6.07, 6.45) is 2.91. The highest BCUT2D eigenvalue weighted by atomic mass is 32.2. The molecule has 1 aliphatic heterocycles. The Labute approximate surface area is 118 Å². The molecule has 0 radical (unpaired) electrons. The third kappa shape index (κ3) is 3.86. The lowest BCUT2D eigenvalue weighted by Gasteiger charge is -2.19. The summed E-state index contributed by atoms with van der Waals surface area (Å²) in [7, 11) is -2.94. The standard InChI is InChI=1S/C13H19N3O3S/c1-20(18,19)6-2-5-15-12-8-11-9(7-10(12)14)3-4-13(17)16-11/h7-8,15H,2-6,14H2,1H3,(H,16,17). The number of aryl methyl sites for hydroxylation is 1. The number of hydrogen-bond donors (Lipinski definition) is 3. The second-order valence-corrected chi connectivity index (χ2v) is 7.31. The van der Waals surface area contributed by atoms with Gasteiger partial charge in [0.2, 0.25) is 5.91 Å². The number of nitrogen functional groups attached to an aromatic ring is 1. The molecule has 0 saturated carbocycles. The van der Waals surface area contributed by atoms with Crippen molar-refractivity contribution in [1.82, 2.24) is 0 Å². The molecule has 0 fully saturated rings. The number of sulfone groups is 1. The first kappa shape index (κ1) is 14.6. The number of anilines is 3. The molecule has 1 aromatic carbocycles. The van der Waals surface area contributed by atoms with Crippen LogP contribution in [0.15, 0.2) is 12.1 Å². The third-order valence-corrected chi connectivity index (χ3v) is 4.21. The molecule has 6 nitrogen and oxygen atoms in total. The average molecular weight is 297 g/mol. The molecule has 1 aromatic rings. The predicted molar refractivity (Wildman–Crippen MR) is 80.6 cm³/mol. The maximum atomic E-state index is 11.4. The number of nitrogens with one attached hydrogen (secondary N) is 2. The Morgan fingerprint density at radius 1 is 1.35 bits per heavy atom. The Bertz CT molecular complexity index is 626. The van der Waals surface area contributed by atoms with E-state index in [4.69, 9.17) is 5.73 Å². The van der Waals surface area contributed by atoms with Crippen LogP contribution in [0.2, 0.25) is 0 Å². The average Bonchev–Trinajstić information content (AvgIpc) is 2.34. The molecule has 0 bridgehead atoms. The Morgan fingerprint density at radius 3 is 2.80 bits per heavy atom. The number of nitrogens with two attached hydrogens (primary N) is 1.